The van der Waals surface area contributed by atoms with Crippen molar-refractivity contribution < 1.29 is 17.7 Å². The Bertz CT molecular complexity index is 1020. The number of thioether (sulfide) groups is 1. The van der Waals surface area contributed by atoms with Crippen LogP contribution in [0, 0.1) is 10.8 Å². The van der Waals surface area contributed by atoms with Crippen LogP contribution in [0.15, 0.2) is 23.2 Å². The average molecular weight is 457 g/mol. The summed E-state index contributed by atoms with van der Waals surface area (Å²) in [4.78, 5) is 2.59. The maximum absolute atomic E-state index is 13.0. The Hall–Kier alpha value is -1.89. The molecule has 8 nitrogen and oxygen atoms in total. The Labute approximate surface area is 178 Å². The summed E-state index contributed by atoms with van der Waals surface area (Å²) < 4.78 is 48.7. The molecule has 0 amide bonds. The Morgan fingerprint density at radius 1 is 1.33 bits per heavy atom. The molecule has 12 heteroatoms. The molecule has 2 aliphatic rings. The summed E-state index contributed by atoms with van der Waals surface area (Å²) in [5.41, 5.74) is 0.662. The summed E-state index contributed by atoms with van der Waals surface area (Å²) >= 11 is 0.394. The lowest BCUT2D eigenvalue weighted by atomic mass is 10.2. The number of nitrogens with zero attached hydrogens (tertiary/aromatic N) is 3. The molecule has 1 saturated carbocycles. The minimum Gasteiger partial charge on any atom is -0.378 e. The van der Waals surface area contributed by atoms with E-state index in [1.807, 2.05) is 13.0 Å². The molecule has 0 spiro atoms. The van der Waals surface area contributed by atoms with E-state index in [4.69, 9.17) is 15.6 Å². The van der Waals surface area contributed by atoms with Gasteiger partial charge in [0.15, 0.2) is 0 Å². The van der Waals surface area contributed by atoms with Crippen LogP contribution < -0.4 is 9.62 Å². The van der Waals surface area contributed by atoms with Crippen molar-refractivity contribution >= 4 is 44.2 Å². The number of hydrogen-bond acceptors (Lipinski definition) is 7. The maximum atomic E-state index is 13.0. The molecule has 162 valence electrons. The number of pyridine rings is 1. The predicted octanol–water partition coefficient (Wildman–Crippen LogP) is 2.64. The lowest BCUT2D eigenvalue weighted by Crippen LogP contribution is -2.37. The molecule has 1 aliphatic heterocycles. The van der Waals surface area contributed by atoms with Crippen LogP contribution in [0.3, 0.4) is 0 Å². The number of halogens is 2. The van der Waals surface area contributed by atoms with Crippen LogP contribution in [0.4, 0.5) is 14.6 Å². The summed E-state index contributed by atoms with van der Waals surface area (Å²) in [5.74, 6) is 0.704. The molecule has 1 aliphatic carbocycles. The average Bonchev–Trinajstić information content (AvgIpc) is 3.28. The molecular weight excluding hydrogens is 434 g/mol. The van der Waals surface area contributed by atoms with Gasteiger partial charge in [0.2, 0.25) is 0 Å². The topological polar surface area (TPSA) is 107 Å². The number of anilines is 1. The number of nitrogens with one attached hydrogen (secondary N) is 3. The standard InChI is InChI=1S/C18H22F2N6O2S2/c1-18(2-3-18)24-30(27)11-8-13-12(16(21)29-17(22)15(19)20)10-23-26(13)14(9-11)25-4-6-28-7-5-25/h8-10,15,21-22,24H,2-7H2,1H3. The Morgan fingerprint density at radius 3 is 2.67 bits per heavy atom. The Morgan fingerprint density at radius 2 is 2.03 bits per heavy atom. The number of fused-ring (bicyclic) bond motifs is 1. The quantitative estimate of drug-likeness (QED) is 0.458. The number of alkyl halides is 2. The largest absolute Gasteiger partial charge is 0.378 e. The highest BCUT2D eigenvalue weighted by Crippen LogP contribution is 2.36. The lowest BCUT2D eigenvalue weighted by Gasteiger charge is -2.29. The number of rotatable bonds is 6. The van der Waals surface area contributed by atoms with Crippen molar-refractivity contribution in [2.24, 2.45) is 0 Å². The molecule has 2 aromatic heterocycles. The minimum atomic E-state index is -2.94. The molecule has 2 fully saturated rings. The fourth-order valence-corrected chi connectivity index (χ4v) is 4.90. The number of hydrogen-bond donors (Lipinski definition) is 3. The highest BCUT2D eigenvalue weighted by Gasteiger charge is 2.39. The second-order valence-electron chi connectivity index (χ2n) is 7.53. The third kappa shape index (κ3) is 4.41. The molecule has 0 radical (unpaired) electrons. The van der Waals surface area contributed by atoms with E-state index in [0.717, 1.165) is 12.8 Å². The first-order chi connectivity index (χ1) is 14.3. The van der Waals surface area contributed by atoms with Crippen molar-refractivity contribution in [1.82, 2.24) is 14.3 Å². The molecule has 3 heterocycles. The van der Waals surface area contributed by atoms with Gasteiger partial charge in [-0.1, -0.05) is 0 Å². The van der Waals surface area contributed by atoms with Gasteiger partial charge in [-0.3, -0.25) is 10.8 Å². The molecule has 2 aromatic rings. The van der Waals surface area contributed by atoms with Crippen LogP contribution in [0.2, 0.25) is 0 Å². The fourth-order valence-electron chi connectivity index (χ4n) is 3.13. The number of morpholine rings is 1. The Balaban J connectivity index is 1.75. The first-order valence-electron chi connectivity index (χ1n) is 9.45. The first kappa shape index (κ1) is 21.3. The third-order valence-corrected chi connectivity index (χ3v) is 7.28. The van der Waals surface area contributed by atoms with Crippen LogP contribution in [0.25, 0.3) is 5.52 Å². The molecule has 3 N–H and O–H groups in total. The SMILES string of the molecule is CC1(NS(=O)c2cc(N3CCOCC3)n3ncc(C(=N)SC(=N)C(F)F)c3c2)CC1. The fraction of sp³-hybridized carbons (Fsp3) is 0.500. The van der Waals surface area contributed by atoms with Crippen molar-refractivity contribution in [2.45, 2.75) is 36.6 Å². The van der Waals surface area contributed by atoms with E-state index in [1.54, 1.807) is 10.6 Å². The van der Waals surface area contributed by atoms with Crippen molar-refractivity contribution in [3.05, 3.63) is 23.9 Å². The van der Waals surface area contributed by atoms with E-state index in [9.17, 15) is 13.0 Å². The van der Waals surface area contributed by atoms with E-state index in [0.29, 0.717) is 59.9 Å². The highest BCUT2D eigenvalue weighted by molar-refractivity contribution is 8.26. The minimum absolute atomic E-state index is 0.145. The molecule has 1 unspecified atom stereocenters. The van der Waals surface area contributed by atoms with E-state index in [-0.39, 0.29) is 10.6 Å². The van der Waals surface area contributed by atoms with Gasteiger partial charge in [0, 0.05) is 18.6 Å². The summed E-state index contributed by atoms with van der Waals surface area (Å²) in [6.45, 7) is 4.38. The molecule has 0 aromatic carbocycles. The second-order valence-corrected chi connectivity index (χ2v) is 9.80. The van der Waals surface area contributed by atoms with Gasteiger partial charge in [-0.2, -0.15) is 5.10 Å². The van der Waals surface area contributed by atoms with Gasteiger partial charge in [0.1, 0.15) is 26.9 Å². The van der Waals surface area contributed by atoms with Gasteiger partial charge < -0.3 is 9.64 Å². The zero-order chi connectivity index (χ0) is 21.5. The van der Waals surface area contributed by atoms with Crippen LogP contribution in [0.5, 0.6) is 0 Å². The zero-order valence-electron chi connectivity index (χ0n) is 16.3. The van der Waals surface area contributed by atoms with Crippen LogP contribution in [0.1, 0.15) is 25.3 Å². The maximum Gasteiger partial charge on any atom is 0.285 e. The number of ether oxygens (including phenoxy) is 1. The van der Waals surface area contributed by atoms with Gasteiger partial charge >= 0.3 is 0 Å². The molecular formula is C18H22F2N6O2S2. The van der Waals surface area contributed by atoms with Crippen LogP contribution in [-0.2, 0) is 15.7 Å². The first-order valence-corrected chi connectivity index (χ1v) is 11.4. The van der Waals surface area contributed by atoms with Crippen LogP contribution in [-0.4, -0.2) is 62.2 Å². The summed E-state index contributed by atoms with van der Waals surface area (Å²) in [7, 11) is -1.47. The molecule has 4 rings (SSSR count). The van der Waals surface area contributed by atoms with Crippen molar-refractivity contribution in [2.75, 3.05) is 31.2 Å². The Kier molecular flexibility index (Phi) is 5.93. The van der Waals surface area contributed by atoms with Gasteiger partial charge in [-0.15, -0.1) is 0 Å². The third-order valence-electron chi connectivity index (χ3n) is 5.12. The molecule has 0 bridgehead atoms. The zero-order valence-corrected chi connectivity index (χ0v) is 17.9. The monoisotopic (exact) mass is 456 g/mol. The lowest BCUT2D eigenvalue weighted by molar-refractivity contribution is 0.122. The van der Waals surface area contributed by atoms with Crippen molar-refractivity contribution in [3.8, 4) is 0 Å². The van der Waals surface area contributed by atoms with Crippen molar-refractivity contribution in [1.29, 1.82) is 10.8 Å². The van der Waals surface area contributed by atoms with Crippen molar-refractivity contribution in [3.63, 3.8) is 0 Å². The summed E-state index contributed by atoms with van der Waals surface area (Å²) in [6.07, 6.45) is 0.390. The second kappa shape index (κ2) is 8.33. The predicted molar refractivity (Wildman–Crippen MR) is 114 cm³/mol. The van der Waals surface area contributed by atoms with Gasteiger partial charge in [-0.25, -0.2) is 22.2 Å². The van der Waals surface area contributed by atoms with Gasteiger partial charge in [0.25, 0.3) is 6.43 Å². The molecule has 30 heavy (non-hydrogen) atoms. The number of aromatic nitrogens is 2. The van der Waals surface area contributed by atoms with Crippen LogP contribution >= 0.6 is 11.8 Å². The van der Waals surface area contributed by atoms with E-state index < -0.39 is 22.5 Å². The van der Waals surface area contributed by atoms with E-state index in [1.165, 1.54) is 6.20 Å². The summed E-state index contributed by atoms with van der Waals surface area (Å²) in [6, 6.07) is 3.48. The summed E-state index contributed by atoms with van der Waals surface area (Å²) in [5, 5.41) is 18.8. The van der Waals surface area contributed by atoms with E-state index >= 15 is 0 Å². The van der Waals surface area contributed by atoms with Gasteiger partial charge in [0.05, 0.1) is 35.4 Å². The highest BCUT2D eigenvalue weighted by atomic mass is 32.2. The smallest absolute Gasteiger partial charge is 0.285 e. The molecule has 1 saturated heterocycles. The molecule has 1 atom stereocenters. The van der Waals surface area contributed by atoms with Gasteiger partial charge in [-0.05, 0) is 43.7 Å². The normalized spacial score (nSPS) is 19.3. The van der Waals surface area contributed by atoms with E-state index in [2.05, 4.69) is 14.7 Å².